The summed E-state index contributed by atoms with van der Waals surface area (Å²) in [7, 11) is 0. The lowest BCUT2D eigenvalue weighted by atomic mass is 10.1. The van der Waals surface area contributed by atoms with Crippen molar-refractivity contribution in [2.24, 2.45) is 0 Å². The van der Waals surface area contributed by atoms with Gasteiger partial charge in [0.1, 0.15) is 5.78 Å². The molecule has 0 atom stereocenters. The van der Waals surface area contributed by atoms with E-state index in [4.69, 9.17) is 0 Å². The minimum Gasteiger partial charge on any atom is -0.356 e. The largest absolute Gasteiger partial charge is 0.356 e. The van der Waals surface area contributed by atoms with Gasteiger partial charge in [0.05, 0.1) is 0 Å². The SMILES string of the molecule is CCCNCCCCC(=O)NCCCCCC(=O)CCC. The topological polar surface area (TPSA) is 58.2 Å². The maximum atomic E-state index is 11.6. The van der Waals surface area contributed by atoms with Gasteiger partial charge in [-0.1, -0.05) is 20.3 Å². The molecule has 21 heavy (non-hydrogen) atoms. The van der Waals surface area contributed by atoms with Gasteiger partial charge in [-0.15, -0.1) is 0 Å². The number of carbonyl (C=O) groups is 2. The van der Waals surface area contributed by atoms with Gasteiger partial charge in [0.15, 0.2) is 0 Å². The van der Waals surface area contributed by atoms with Crippen molar-refractivity contribution < 1.29 is 9.59 Å². The molecule has 0 aromatic carbocycles. The van der Waals surface area contributed by atoms with E-state index in [1.165, 1.54) is 0 Å². The van der Waals surface area contributed by atoms with Gasteiger partial charge in [-0.25, -0.2) is 0 Å². The summed E-state index contributed by atoms with van der Waals surface area (Å²) in [6.07, 6.45) is 9.12. The maximum Gasteiger partial charge on any atom is 0.219 e. The number of ketones is 1. The first kappa shape index (κ1) is 20.1. The molecule has 0 aromatic rings. The highest BCUT2D eigenvalue weighted by atomic mass is 16.1. The molecule has 0 fully saturated rings. The number of hydrogen-bond donors (Lipinski definition) is 2. The first-order chi connectivity index (χ1) is 10.2. The Morgan fingerprint density at radius 1 is 0.714 bits per heavy atom. The zero-order valence-electron chi connectivity index (χ0n) is 14.0. The molecule has 0 radical (unpaired) electrons. The van der Waals surface area contributed by atoms with Crippen LogP contribution in [0.3, 0.4) is 0 Å². The fourth-order valence-corrected chi connectivity index (χ4v) is 2.18. The van der Waals surface area contributed by atoms with Gasteiger partial charge < -0.3 is 10.6 Å². The third-order valence-corrected chi connectivity index (χ3v) is 3.42. The van der Waals surface area contributed by atoms with Crippen molar-refractivity contribution >= 4 is 11.7 Å². The van der Waals surface area contributed by atoms with Gasteiger partial charge in [-0.05, 0) is 51.6 Å². The summed E-state index contributed by atoms with van der Waals surface area (Å²) in [6.45, 7) is 7.00. The van der Waals surface area contributed by atoms with Crippen LogP contribution in [0.5, 0.6) is 0 Å². The van der Waals surface area contributed by atoms with E-state index in [1.807, 2.05) is 6.92 Å². The second-order valence-corrected chi connectivity index (χ2v) is 5.66. The van der Waals surface area contributed by atoms with Crippen LogP contribution in [0.15, 0.2) is 0 Å². The molecule has 0 rings (SSSR count). The minimum absolute atomic E-state index is 0.160. The van der Waals surface area contributed by atoms with Crippen molar-refractivity contribution in [1.29, 1.82) is 0 Å². The van der Waals surface area contributed by atoms with E-state index in [0.717, 1.165) is 64.6 Å². The zero-order valence-corrected chi connectivity index (χ0v) is 14.0. The number of hydrogen-bond acceptors (Lipinski definition) is 3. The summed E-state index contributed by atoms with van der Waals surface area (Å²) in [6, 6.07) is 0. The van der Waals surface area contributed by atoms with Crippen molar-refractivity contribution in [2.75, 3.05) is 19.6 Å². The molecule has 0 aromatic heterocycles. The fourth-order valence-electron chi connectivity index (χ4n) is 2.18. The predicted molar refractivity (Wildman–Crippen MR) is 88.4 cm³/mol. The van der Waals surface area contributed by atoms with Gasteiger partial charge >= 0.3 is 0 Å². The van der Waals surface area contributed by atoms with Crippen molar-refractivity contribution in [3.8, 4) is 0 Å². The summed E-state index contributed by atoms with van der Waals surface area (Å²) in [5.41, 5.74) is 0. The molecule has 0 unspecified atom stereocenters. The smallest absolute Gasteiger partial charge is 0.219 e. The van der Waals surface area contributed by atoms with Crippen LogP contribution in [-0.4, -0.2) is 31.3 Å². The van der Waals surface area contributed by atoms with Crippen LogP contribution in [0, 0.1) is 0 Å². The van der Waals surface area contributed by atoms with E-state index in [9.17, 15) is 9.59 Å². The van der Waals surface area contributed by atoms with Crippen LogP contribution < -0.4 is 10.6 Å². The van der Waals surface area contributed by atoms with Gasteiger partial charge in [-0.3, -0.25) is 9.59 Å². The number of unbranched alkanes of at least 4 members (excludes halogenated alkanes) is 3. The Hall–Kier alpha value is -0.900. The van der Waals surface area contributed by atoms with Gasteiger partial charge in [0.25, 0.3) is 0 Å². The summed E-state index contributed by atoms with van der Waals surface area (Å²) in [5.74, 6) is 0.533. The Morgan fingerprint density at radius 2 is 1.43 bits per heavy atom. The first-order valence-electron chi connectivity index (χ1n) is 8.69. The van der Waals surface area contributed by atoms with Gasteiger partial charge in [-0.2, -0.15) is 0 Å². The number of amides is 1. The van der Waals surface area contributed by atoms with Crippen LogP contribution in [0.2, 0.25) is 0 Å². The maximum absolute atomic E-state index is 11.6. The molecule has 0 spiro atoms. The Kier molecular flexibility index (Phi) is 14.8. The Balaban J connectivity index is 3.24. The van der Waals surface area contributed by atoms with E-state index in [-0.39, 0.29) is 5.91 Å². The summed E-state index contributed by atoms with van der Waals surface area (Å²) in [5, 5.41) is 6.29. The molecule has 1 amide bonds. The normalized spacial score (nSPS) is 10.6. The summed E-state index contributed by atoms with van der Waals surface area (Å²) in [4.78, 5) is 22.9. The Morgan fingerprint density at radius 3 is 2.14 bits per heavy atom. The van der Waals surface area contributed by atoms with Crippen molar-refractivity contribution in [3.05, 3.63) is 0 Å². The predicted octanol–water partition coefficient (Wildman–Crippen LogP) is 3.20. The van der Waals surface area contributed by atoms with Crippen molar-refractivity contribution in [2.45, 2.75) is 78.1 Å². The molecule has 2 N–H and O–H groups in total. The van der Waals surface area contributed by atoms with Crippen LogP contribution in [-0.2, 0) is 9.59 Å². The van der Waals surface area contributed by atoms with Crippen LogP contribution in [0.25, 0.3) is 0 Å². The van der Waals surface area contributed by atoms with Crippen LogP contribution in [0.4, 0.5) is 0 Å². The first-order valence-corrected chi connectivity index (χ1v) is 8.69. The molecule has 0 bridgehead atoms. The molecule has 124 valence electrons. The zero-order chi connectivity index (χ0) is 15.8. The average Bonchev–Trinajstić information content (AvgIpc) is 2.46. The van der Waals surface area contributed by atoms with E-state index in [0.29, 0.717) is 25.0 Å². The molecule has 0 saturated heterocycles. The third kappa shape index (κ3) is 15.3. The standard InChI is InChI=1S/C17H34N2O2/c1-3-10-16(20)11-6-5-8-15-19-17(21)12-7-9-14-18-13-4-2/h18H,3-15H2,1-2H3,(H,19,21). The molecule has 0 saturated carbocycles. The highest BCUT2D eigenvalue weighted by Crippen LogP contribution is 2.03. The molecule has 4 nitrogen and oxygen atoms in total. The minimum atomic E-state index is 0.160. The number of carbonyl (C=O) groups excluding carboxylic acids is 2. The average molecular weight is 298 g/mol. The molecule has 0 aliphatic carbocycles. The Bertz CT molecular complexity index is 268. The molecular weight excluding hydrogens is 264 g/mol. The summed E-state index contributed by atoms with van der Waals surface area (Å²) >= 11 is 0. The number of nitrogens with one attached hydrogen (secondary N) is 2. The molecule has 4 heteroatoms. The van der Waals surface area contributed by atoms with Crippen molar-refractivity contribution in [1.82, 2.24) is 10.6 Å². The second-order valence-electron chi connectivity index (χ2n) is 5.66. The van der Waals surface area contributed by atoms with Crippen LogP contribution in [0.1, 0.15) is 78.1 Å². The molecule has 0 heterocycles. The van der Waals surface area contributed by atoms with E-state index in [1.54, 1.807) is 0 Å². The van der Waals surface area contributed by atoms with Gasteiger partial charge in [0, 0.05) is 25.8 Å². The lowest BCUT2D eigenvalue weighted by molar-refractivity contribution is -0.121. The van der Waals surface area contributed by atoms with E-state index in [2.05, 4.69) is 17.6 Å². The lowest BCUT2D eigenvalue weighted by Gasteiger charge is -2.06. The Labute approximate surface area is 130 Å². The molecular formula is C17H34N2O2. The second kappa shape index (κ2) is 15.5. The lowest BCUT2D eigenvalue weighted by Crippen LogP contribution is -2.24. The highest BCUT2D eigenvalue weighted by molar-refractivity contribution is 5.78. The van der Waals surface area contributed by atoms with E-state index < -0.39 is 0 Å². The van der Waals surface area contributed by atoms with E-state index >= 15 is 0 Å². The fraction of sp³-hybridized carbons (Fsp3) is 0.882. The quantitative estimate of drug-likeness (QED) is 0.456. The monoisotopic (exact) mass is 298 g/mol. The van der Waals surface area contributed by atoms with Crippen LogP contribution >= 0.6 is 0 Å². The molecule has 0 aliphatic heterocycles. The third-order valence-electron chi connectivity index (χ3n) is 3.42. The number of rotatable bonds is 15. The van der Waals surface area contributed by atoms with Crippen molar-refractivity contribution in [3.63, 3.8) is 0 Å². The molecule has 0 aliphatic rings. The highest BCUT2D eigenvalue weighted by Gasteiger charge is 2.02. The summed E-state index contributed by atoms with van der Waals surface area (Å²) < 4.78 is 0. The number of Topliss-reactive ketones (excluding diaryl/α,β-unsaturated/α-hetero) is 1. The van der Waals surface area contributed by atoms with Gasteiger partial charge in [0.2, 0.25) is 5.91 Å².